The summed E-state index contributed by atoms with van der Waals surface area (Å²) in [6.07, 6.45) is 0.791. The Bertz CT molecular complexity index is 980. The highest BCUT2D eigenvalue weighted by Crippen LogP contribution is 2.41. The van der Waals surface area contributed by atoms with Crippen molar-refractivity contribution >= 4 is 28.3 Å². The average Bonchev–Trinajstić information content (AvgIpc) is 2.66. The second kappa shape index (κ2) is 6.63. The Labute approximate surface area is 156 Å². The number of anilines is 1. The zero-order valence-corrected chi connectivity index (χ0v) is 15.2. The number of aromatic nitrogens is 2. The minimum Gasteiger partial charge on any atom is -0.496 e. The van der Waals surface area contributed by atoms with Crippen LogP contribution in [0.15, 0.2) is 36.7 Å². The normalized spacial score (nSPS) is 16.5. The Balaban J connectivity index is 1.83. The van der Waals surface area contributed by atoms with E-state index in [0.29, 0.717) is 29.6 Å². The molecule has 2 aromatic carbocycles. The minimum atomic E-state index is -0.721. The van der Waals surface area contributed by atoms with Crippen LogP contribution in [0.25, 0.3) is 10.9 Å². The molecule has 0 radical (unpaired) electrons. The third kappa shape index (κ3) is 2.71. The van der Waals surface area contributed by atoms with Gasteiger partial charge in [-0.05, 0) is 30.3 Å². The number of nitrogens with zero attached hydrogens (tertiary/aromatic N) is 3. The second-order valence-corrected chi connectivity index (χ2v) is 6.55. The number of β-amino-alcohol motifs (C(OH)–C–C–N with tert-alkyl or cyclic N) is 1. The van der Waals surface area contributed by atoms with Gasteiger partial charge in [0.1, 0.15) is 29.7 Å². The Kier molecular flexibility index (Phi) is 4.30. The van der Waals surface area contributed by atoms with Gasteiger partial charge in [0.05, 0.1) is 26.3 Å². The molecule has 0 aliphatic carbocycles. The first-order chi connectivity index (χ1) is 12.6. The molecular weight excluding hydrogens is 354 g/mol. The van der Waals surface area contributed by atoms with E-state index in [0.717, 1.165) is 27.8 Å². The molecule has 1 atom stereocenters. The summed E-state index contributed by atoms with van der Waals surface area (Å²) >= 11 is 6.08. The van der Waals surface area contributed by atoms with Crippen molar-refractivity contribution in [2.45, 2.75) is 12.6 Å². The third-order valence-corrected chi connectivity index (χ3v) is 4.90. The molecule has 3 aromatic rings. The molecule has 1 aliphatic rings. The second-order valence-electron chi connectivity index (χ2n) is 6.12. The predicted molar refractivity (Wildman–Crippen MR) is 100 cm³/mol. The van der Waals surface area contributed by atoms with Crippen molar-refractivity contribution in [1.82, 2.24) is 9.97 Å². The van der Waals surface area contributed by atoms with Crippen molar-refractivity contribution in [3.05, 3.63) is 52.8 Å². The quantitative estimate of drug-likeness (QED) is 0.761. The number of aliphatic hydroxyl groups excluding tert-OH is 1. The van der Waals surface area contributed by atoms with E-state index in [1.165, 1.54) is 6.33 Å². The number of benzene rings is 2. The number of rotatable bonds is 3. The van der Waals surface area contributed by atoms with Crippen LogP contribution in [-0.4, -0.2) is 35.8 Å². The molecule has 134 valence electrons. The van der Waals surface area contributed by atoms with Crippen LogP contribution in [-0.2, 0) is 6.54 Å². The van der Waals surface area contributed by atoms with E-state index in [2.05, 4.69) is 9.97 Å². The number of aliphatic hydroxyl groups is 1. The van der Waals surface area contributed by atoms with E-state index in [9.17, 15) is 5.11 Å². The van der Waals surface area contributed by atoms with Gasteiger partial charge in [-0.2, -0.15) is 0 Å². The van der Waals surface area contributed by atoms with Gasteiger partial charge in [0.2, 0.25) is 0 Å². The zero-order valence-electron chi connectivity index (χ0n) is 14.4. The molecule has 0 spiro atoms. The summed E-state index contributed by atoms with van der Waals surface area (Å²) in [7, 11) is 3.22. The minimum absolute atomic E-state index is 0.394. The summed E-state index contributed by atoms with van der Waals surface area (Å²) in [6.45, 7) is 0.937. The molecule has 0 unspecified atom stereocenters. The summed E-state index contributed by atoms with van der Waals surface area (Å²) < 4.78 is 10.9. The summed E-state index contributed by atoms with van der Waals surface area (Å²) in [5.74, 6) is 2.12. The van der Waals surface area contributed by atoms with Gasteiger partial charge < -0.3 is 19.5 Å². The molecule has 1 N–H and O–H groups in total. The van der Waals surface area contributed by atoms with Crippen LogP contribution in [0.5, 0.6) is 11.5 Å². The summed E-state index contributed by atoms with van der Waals surface area (Å²) in [6, 6.07) is 9.19. The lowest BCUT2D eigenvalue weighted by Gasteiger charge is -2.35. The van der Waals surface area contributed by atoms with Crippen LogP contribution in [0.4, 0.5) is 5.82 Å². The van der Waals surface area contributed by atoms with Crippen LogP contribution in [0.1, 0.15) is 17.2 Å². The molecule has 0 amide bonds. The van der Waals surface area contributed by atoms with Gasteiger partial charge >= 0.3 is 0 Å². The molecule has 0 saturated carbocycles. The first kappa shape index (κ1) is 16.9. The largest absolute Gasteiger partial charge is 0.496 e. The van der Waals surface area contributed by atoms with Gasteiger partial charge in [0.25, 0.3) is 0 Å². The smallest absolute Gasteiger partial charge is 0.140 e. The molecule has 26 heavy (non-hydrogen) atoms. The van der Waals surface area contributed by atoms with Crippen molar-refractivity contribution in [2.24, 2.45) is 0 Å². The fraction of sp³-hybridized carbons (Fsp3) is 0.263. The molecule has 1 aliphatic heterocycles. The van der Waals surface area contributed by atoms with Gasteiger partial charge in [0, 0.05) is 28.1 Å². The maximum Gasteiger partial charge on any atom is 0.140 e. The number of hydrogen-bond donors (Lipinski definition) is 1. The average molecular weight is 372 g/mol. The van der Waals surface area contributed by atoms with Crippen LogP contribution in [0.2, 0.25) is 5.02 Å². The fourth-order valence-electron chi connectivity index (χ4n) is 3.51. The van der Waals surface area contributed by atoms with Gasteiger partial charge in [-0.15, -0.1) is 0 Å². The fourth-order valence-corrected chi connectivity index (χ4v) is 3.67. The third-order valence-electron chi connectivity index (χ3n) is 4.67. The molecule has 1 aromatic heterocycles. The van der Waals surface area contributed by atoms with Gasteiger partial charge in [-0.1, -0.05) is 11.6 Å². The highest BCUT2D eigenvalue weighted by molar-refractivity contribution is 6.31. The maximum absolute atomic E-state index is 10.8. The van der Waals surface area contributed by atoms with Gasteiger partial charge in [-0.3, -0.25) is 0 Å². The van der Waals surface area contributed by atoms with Crippen LogP contribution in [0, 0.1) is 0 Å². The van der Waals surface area contributed by atoms with Gasteiger partial charge in [-0.25, -0.2) is 9.97 Å². The standard InChI is InChI=1S/C19H18ClN3O3/c1-25-16-5-6-17(26-2)18-13(16)8-23(9-15(18)24)19-12-4-3-11(20)7-14(12)21-10-22-19/h3-7,10,15,24H,8-9H2,1-2H3/t15-/m1/s1. The van der Waals surface area contributed by atoms with E-state index >= 15 is 0 Å². The van der Waals surface area contributed by atoms with Crippen molar-refractivity contribution in [3.8, 4) is 11.5 Å². The van der Waals surface area contributed by atoms with Crippen molar-refractivity contribution < 1.29 is 14.6 Å². The molecule has 7 heteroatoms. The zero-order chi connectivity index (χ0) is 18.3. The van der Waals surface area contributed by atoms with Crippen LogP contribution in [0.3, 0.4) is 0 Å². The Morgan fingerprint density at radius 1 is 1.12 bits per heavy atom. The summed E-state index contributed by atoms with van der Waals surface area (Å²) in [5, 5.41) is 12.3. The van der Waals surface area contributed by atoms with Gasteiger partial charge in [0.15, 0.2) is 0 Å². The van der Waals surface area contributed by atoms with Crippen molar-refractivity contribution in [2.75, 3.05) is 25.7 Å². The number of hydrogen-bond acceptors (Lipinski definition) is 6. The topological polar surface area (TPSA) is 67.7 Å². The Hall–Kier alpha value is -2.57. The van der Waals surface area contributed by atoms with E-state index < -0.39 is 6.10 Å². The van der Waals surface area contributed by atoms with Crippen molar-refractivity contribution in [3.63, 3.8) is 0 Å². The first-order valence-corrected chi connectivity index (χ1v) is 8.57. The highest BCUT2D eigenvalue weighted by atomic mass is 35.5. The van der Waals surface area contributed by atoms with Crippen molar-refractivity contribution in [1.29, 1.82) is 0 Å². The number of methoxy groups -OCH3 is 2. The molecule has 0 saturated heterocycles. The lowest BCUT2D eigenvalue weighted by Crippen LogP contribution is -2.35. The highest BCUT2D eigenvalue weighted by Gasteiger charge is 2.31. The molecule has 2 heterocycles. The lowest BCUT2D eigenvalue weighted by molar-refractivity contribution is 0.169. The number of ether oxygens (including phenoxy) is 2. The molecule has 0 bridgehead atoms. The monoisotopic (exact) mass is 371 g/mol. The first-order valence-electron chi connectivity index (χ1n) is 8.19. The predicted octanol–water partition coefficient (Wildman–Crippen LogP) is 3.35. The summed E-state index contributed by atoms with van der Waals surface area (Å²) in [4.78, 5) is 10.8. The summed E-state index contributed by atoms with van der Waals surface area (Å²) in [5.41, 5.74) is 2.43. The van der Waals surface area contributed by atoms with E-state index in [4.69, 9.17) is 21.1 Å². The molecule has 0 fully saturated rings. The van der Waals surface area contributed by atoms with E-state index in [1.807, 2.05) is 29.2 Å². The van der Waals surface area contributed by atoms with E-state index in [-0.39, 0.29) is 0 Å². The van der Waals surface area contributed by atoms with Crippen LogP contribution < -0.4 is 14.4 Å². The molecule has 6 nitrogen and oxygen atoms in total. The lowest BCUT2D eigenvalue weighted by atomic mass is 9.95. The molecule has 4 rings (SSSR count). The Morgan fingerprint density at radius 3 is 2.65 bits per heavy atom. The number of halogens is 1. The SMILES string of the molecule is COc1ccc(OC)c2c1CN(c1ncnc3cc(Cl)ccc13)C[C@H]2O. The molecular formula is C19H18ClN3O3. The maximum atomic E-state index is 10.8. The van der Waals surface area contributed by atoms with Crippen LogP contribution >= 0.6 is 11.6 Å². The van der Waals surface area contributed by atoms with E-state index in [1.54, 1.807) is 20.3 Å². The number of fused-ring (bicyclic) bond motifs is 2. The Morgan fingerprint density at radius 2 is 1.88 bits per heavy atom.